The molecule has 5 nitrogen and oxygen atoms in total. The molecule has 0 aromatic heterocycles. The number of carbonyl (C=O) groups excluding carboxylic acids is 2. The first kappa shape index (κ1) is 24.5. The molecule has 150 valence electrons. The van der Waals surface area contributed by atoms with Gasteiger partial charge in [0.1, 0.15) is 0 Å². The second kappa shape index (κ2) is 19.8. The number of terminal acetylenes is 1. The first-order valence-electron chi connectivity index (χ1n) is 10.3. The highest BCUT2D eigenvalue weighted by Gasteiger charge is 2.00. The van der Waals surface area contributed by atoms with Crippen molar-refractivity contribution >= 4 is 11.8 Å². The molecule has 0 aliphatic carbocycles. The Morgan fingerprint density at radius 3 is 2.00 bits per heavy atom. The van der Waals surface area contributed by atoms with Crippen LogP contribution in [0.15, 0.2) is 0 Å². The van der Waals surface area contributed by atoms with E-state index in [1.165, 1.54) is 38.5 Å². The fourth-order valence-corrected chi connectivity index (χ4v) is 2.66. The molecule has 0 aliphatic rings. The van der Waals surface area contributed by atoms with Gasteiger partial charge in [-0.15, -0.1) is 0 Å². The van der Waals surface area contributed by atoms with Crippen molar-refractivity contribution in [1.82, 2.24) is 10.6 Å². The highest BCUT2D eigenvalue weighted by Crippen LogP contribution is 2.10. The van der Waals surface area contributed by atoms with Crippen LogP contribution in [0.4, 0.5) is 0 Å². The van der Waals surface area contributed by atoms with Gasteiger partial charge in [-0.2, -0.15) is 0 Å². The minimum Gasteiger partial charge on any atom is -0.380 e. The molecule has 0 radical (unpaired) electrons. The third-order valence-electron chi connectivity index (χ3n) is 4.23. The number of hydrogen-bond donors (Lipinski definition) is 2. The lowest BCUT2D eigenvalue weighted by Gasteiger charge is -2.06. The monoisotopic (exact) mass is 366 g/mol. The molecular weight excluding hydrogens is 328 g/mol. The van der Waals surface area contributed by atoms with Crippen LogP contribution in [-0.2, 0) is 14.3 Å². The summed E-state index contributed by atoms with van der Waals surface area (Å²) in [7, 11) is 0. The smallest absolute Gasteiger partial charge is 0.231 e. The molecule has 26 heavy (non-hydrogen) atoms. The summed E-state index contributed by atoms with van der Waals surface area (Å²) in [5, 5.41) is 5.24. The van der Waals surface area contributed by atoms with Gasteiger partial charge in [0, 0.05) is 32.0 Å². The molecule has 0 aliphatic heterocycles. The van der Waals surface area contributed by atoms with Crippen molar-refractivity contribution in [2.75, 3.05) is 19.8 Å². The third kappa shape index (κ3) is 18.8. The highest BCUT2D eigenvalue weighted by atomic mass is 16.5. The SMILES string of the molecule is C#CNC(=O)CCCCCCCCCCCOCCNC(=O)CCCC. The summed E-state index contributed by atoms with van der Waals surface area (Å²) in [6.45, 7) is 4.09. The van der Waals surface area contributed by atoms with E-state index in [1.54, 1.807) is 0 Å². The van der Waals surface area contributed by atoms with Crippen molar-refractivity contribution in [3.8, 4) is 12.5 Å². The van der Waals surface area contributed by atoms with Crippen LogP contribution in [0.2, 0.25) is 0 Å². The second-order valence-electron chi connectivity index (χ2n) is 6.69. The number of unbranched alkanes of at least 4 members (excludes halogenated alkanes) is 9. The summed E-state index contributed by atoms with van der Waals surface area (Å²) in [5.74, 6) is 0.0832. The summed E-state index contributed by atoms with van der Waals surface area (Å²) < 4.78 is 5.54. The quantitative estimate of drug-likeness (QED) is 0.219. The predicted molar refractivity (Wildman–Crippen MR) is 106 cm³/mol. The Balaban J connectivity index is 3.12. The Labute approximate surface area is 160 Å². The van der Waals surface area contributed by atoms with Crippen molar-refractivity contribution < 1.29 is 14.3 Å². The number of amides is 2. The average Bonchev–Trinajstić information content (AvgIpc) is 2.63. The minimum absolute atomic E-state index is 0.0476. The van der Waals surface area contributed by atoms with Gasteiger partial charge in [0.05, 0.1) is 6.61 Å². The van der Waals surface area contributed by atoms with Crippen LogP contribution in [0.25, 0.3) is 0 Å². The van der Waals surface area contributed by atoms with E-state index < -0.39 is 0 Å². The summed E-state index contributed by atoms with van der Waals surface area (Å²) in [6.07, 6.45) is 18.7. The van der Waals surface area contributed by atoms with Gasteiger partial charge in [-0.25, -0.2) is 0 Å². The summed E-state index contributed by atoms with van der Waals surface area (Å²) >= 11 is 0. The fraction of sp³-hybridized carbons (Fsp3) is 0.810. The van der Waals surface area contributed by atoms with E-state index in [1.807, 2.05) is 0 Å². The lowest BCUT2D eigenvalue weighted by molar-refractivity contribution is -0.121. The molecular formula is C21H38N2O3. The molecule has 2 amide bonds. The summed E-state index contributed by atoms with van der Waals surface area (Å²) in [6, 6.07) is 2.15. The van der Waals surface area contributed by atoms with Crippen molar-refractivity contribution in [2.24, 2.45) is 0 Å². The highest BCUT2D eigenvalue weighted by molar-refractivity contribution is 5.77. The second-order valence-corrected chi connectivity index (χ2v) is 6.69. The minimum atomic E-state index is -0.0476. The van der Waals surface area contributed by atoms with Crippen LogP contribution in [-0.4, -0.2) is 31.6 Å². The maximum absolute atomic E-state index is 11.4. The Bertz CT molecular complexity index is 391. The van der Waals surface area contributed by atoms with Crippen LogP contribution in [0.1, 0.15) is 90.4 Å². The van der Waals surface area contributed by atoms with E-state index in [0.29, 0.717) is 26.0 Å². The molecule has 0 saturated heterocycles. The zero-order chi connectivity index (χ0) is 19.3. The molecule has 2 N–H and O–H groups in total. The van der Waals surface area contributed by atoms with Gasteiger partial charge < -0.3 is 10.1 Å². The molecule has 0 rings (SSSR count). The van der Waals surface area contributed by atoms with E-state index in [4.69, 9.17) is 11.2 Å². The largest absolute Gasteiger partial charge is 0.380 e. The number of nitrogens with one attached hydrogen (secondary N) is 2. The Morgan fingerprint density at radius 1 is 0.808 bits per heavy atom. The molecule has 0 aromatic carbocycles. The van der Waals surface area contributed by atoms with Crippen LogP contribution in [0.5, 0.6) is 0 Å². The van der Waals surface area contributed by atoms with Gasteiger partial charge in [0.15, 0.2) is 0 Å². The lowest BCUT2D eigenvalue weighted by atomic mass is 10.1. The average molecular weight is 367 g/mol. The van der Waals surface area contributed by atoms with Crippen molar-refractivity contribution in [3.63, 3.8) is 0 Å². The number of hydrogen-bond acceptors (Lipinski definition) is 3. The predicted octanol–water partition coefficient (Wildman–Crippen LogP) is 3.92. The van der Waals surface area contributed by atoms with Gasteiger partial charge >= 0.3 is 0 Å². The normalized spacial score (nSPS) is 10.3. The Hall–Kier alpha value is -1.54. The fourth-order valence-electron chi connectivity index (χ4n) is 2.66. The topological polar surface area (TPSA) is 67.4 Å². The van der Waals surface area contributed by atoms with E-state index in [-0.39, 0.29) is 11.8 Å². The van der Waals surface area contributed by atoms with Crippen molar-refractivity contribution in [1.29, 1.82) is 0 Å². The maximum atomic E-state index is 11.4. The molecule has 0 bridgehead atoms. The van der Waals surface area contributed by atoms with Gasteiger partial charge in [0.2, 0.25) is 11.8 Å². The Morgan fingerprint density at radius 2 is 1.38 bits per heavy atom. The number of rotatable bonds is 18. The van der Waals surface area contributed by atoms with Gasteiger partial charge in [-0.05, 0) is 19.3 Å². The van der Waals surface area contributed by atoms with Crippen LogP contribution < -0.4 is 10.6 Å². The van der Waals surface area contributed by atoms with Crippen LogP contribution in [0.3, 0.4) is 0 Å². The molecule has 0 atom stereocenters. The van der Waals surface area contributed by atoms with E-state index in [9.17, 15) is 9.59 Å². The van der Waals surface area contributed by atoms with Crippen molar-refractivity contribution in [3.05, 3.63) is 0 Å². The number of ether oxygens (including phenoxy) is 1. The summed E-state index contributed by atoms with van der Waals surface area (Å²) in [5.41, 5.74) is 0. The zero-order valence-corrected chi connectivity index (χ0v) is 16.6. The van der Waals surface area contributed by atoms with Gasteiger partial charge in [-0.3, -0.25) is 14.9 Å². The standard InChI is InChI=1S/C21H38N2O3/c1-3-5-15-21(25)23-17-19-26-18-14-12-10-8-6-7-9-11-13-16-20(24)22-4-2/h2H,3,5-19H2,1H3,(H,22,24)(H,23,25). The van der Waals surface area contributed by atoms with E-state index in [0.717, 1.165) is 38.7 Å². The molecule has 0 unspecified atom stereocenters. The molecule has 0 spiro atoms. The molecule has 0 fully saturated rings. The Kier molecular flexibility index (Phi) is 18.6. The maximum Gasteiger partial charge on any atom is 0.231 e. The third-order valence-corrected chi connectivity index (χ3v) is 4.23. The molecule has 5 heteroatoms. The first-order valence-corrected chi connectivity index (χ1v) is 10.3. The van der Waals surface area contributed by atoms with E-state index >= 15 is 0 Å². The van der Waals surface area contributed by atoms with Gasteiger partial charge in [-0.1, -0.05) is 64.7 Å². The molecule has 0 heterocycles. The van der Waals surface area contributed by atoms with E-state index in [2.05, 4.69) is 23.6 Å². The van der Waals surface area contributed by atoms with Crippen LogP contribution in [0, 0.1) is 12.5 Å². The molecule has 0 saturated carbocycles. The van der Waals surface area contributed by atoms with Crippen molar-refractivity contribution in [2.45, 2.75) is 90.4 Å². The summed E-state index contributed by atoms with van der Waals surface area (Å²) in [4.78, 5) is 22.5. The van der Waals surface area contributed by atoms with Gasteiger partial charge in [0.25, 0.3) is 0 Å². The van der Waals surface area contributed by atoms with Crippen LogP contribution >= 0.6 is 0 Å². The first-order chi connectivity index (χ1) is 12.7. The zero-order valence-electron chi connectivity index (χ0n) is 16.6. The number of carbonyl (C=O) groups is 2. The lowest BCUT2D eigenvalue weighted by Crippen LogP contribution is -2.27. The molecule has 0 aromatic rings.